The van der Waals surface area contributed by atoms with Gasteiger partial charge < -0.3 is 10.6 Å². The Bertz CT molecular complexity index is 717. The monoisotopic (exact) mass is 327 g/mol. The van der Waals surface area contributed by atoms with Crippen molar-refractivity contribution in [2.45, 2.75) is 6.42 Å². The van der Waals surface area contributed by atoms with E-state index in [1.807, 2.05) is 0 Å². The van der Waals surface area contributed by atoms with Crippen LogP contribution in [0.2, 0.25) is 0 Å². The third-order valence-corrected chi connectivity index (χ3v) is 3.18. The molecule has 1 heterocycles. The summed E-state index contributed by atoms with van der Waals surface area (Å²) >= 11 is 0. The lowest BCUT2D eigenvalue weighted by Gasteiger charge is -2.05. The summed E-state index contributed by atoms with van der Waals surface area (Å²) < 4.78 is 13.4. The van der Waals surface area contributed by atoms with Gasteiger partial charge >= 0.3 is 0 Å². The Kier molecular flexibility index (Phi) is 6.64. The van der Waals surface area contributed by atoms with Crippen LogP contribution in [0.5, 0.6) is 0 Å². The molecule has 24 heavy (non-hydrogen) atoms. The SMILES string of the molecule is O=C(/C=C/c1ccccc1F)NCCCNC(=O)c1cccnc1. The van der Waals surface area contributed by atoms with E-state index in [0.717, 1.165) is 0 Å². The van der Waals surface area contributed by atoms with Crippen LogP contribution in [0.3, 0.4) is 0 Å². The lowest BCUT2D eigenvalue weighted by atomic mass is 10.2. The number of halogens is 1. The van der Waals surface area contributed by atoms with Gasteiger partial charge in [0.05, 0.1) is 5.56 Å². The number of nitrogens with one attached hydrogen (secondary N) is 2. The molecule has 124 valence electrons. The minimum Gasteiger partial charge on any atom is -0.352 e. The second-order valence-electron chi connectivity index (χ2n) is 5.00. The van der Waals surface area contributed by atoms with Crippen LogP contribution < -0.4 is 10.6 Å². The lowest BCUT2D eigenvalue weighted by Crippen LogP contribution is -2.29. The molecule has 2 N–H and O–H groups in total. The number of pyridine rings is 1. The van der Waals surface area contributed by atoms with E-state index < -0.39 is 0 Å². The van der Waals surface area contributed by atoms with Crippen molar-refractivity contribution in [1.29, 1.82) is 0 Å². The van der Waals surface area contributed by atoms with Gasteiger partial charge in [0.2, 0.25) is 5.91 Å². The van der Waals surface area contributed by atoms with E-state index in [4.69, 9.17) is 0 Å². The number of hydrogen-bond donors (Lipinski definition) is 2. The van der Waals surface area contributed by atoms with Crippen LogP contribution in [-0.2, 0) is 4.79 Å². The highest BCUT2D eigenvalue weighted by Gasteiger charge is 2.03. The summed E-state index contributed by atoms with van der Waals surface area (Å²) in [5, 5.41) is 5.41. The van der Waals surface area contributed by atoms with Crippen molar-refractivity contribution in [3.63, 3.8) is 0 Å². The summed E-state index contributed by atoms with van der Waals surface area (Å²) in [6.45, 7) is 0.846. The first-order chi connectivity index (χ1) is 11.7. The molecular weight excluding hydrogens is 309 g/mol. The van der Waals surface area contributed by atoms with Crippen LogP contribution in [-0.4, -0.2) is 29.9 Å². The van der Waals surface area contributed by atoms with Gasteiger partial charge in [0.1, 0.15) is 5.82 Å². The molecule has 5 nitrogen and oxygen atoms in total. The number of carbonyl (C=O) groups is 2. The summed E-state index contributed by atoms with van der Waals surface area (Å²) in [5.41, 5.74) is 0.853. The Balaban J connectivity index is 1.65. The highest BCUT2D eigenvalue weighted by Crippen LogP contribution is 2.07. The molecule has 2 rings (SSSR count). The highest BCUT2D eigenvalue weighted by molar-refractivity contribution is 5.93. The fraction of sp³-hybridized carbons (Fsp3) is 0.167. The van der Waals surface area contributed by atoms with Crippen molar-refractivity contribution in [3.05, 3.63) is 71.8 Å². The Morgan fingerprint density at radius 2 is 1.88 bits per heavy atom. The summed E-state index contributed by atoms with van der Waals surface area (Å²) in [6.07, 6.45) is 6.39. The normalized spacial score (nSPS) is 10.5. The zero-order chi connectivity index (χ0) is 17.2. The predicted octanol–water partition coefficient (Wildman–Crippen LogP) is 2.17. The van der Waals surface area contributed by atoms with Crippen LogP contribution in [0.1, 0.15) is 22.3 Å². The maximum atomic E-state index is 13.4. The van der Waals surface area contributed by atoms with Crippen LogP contribution in [0, 0.1) is 5.82 Å². The maximum Gasteiger partial charge on any atom is 0.252 e. The highest BCUT2D eigenvalue weighted by atomic mass is 19.1. The molecule has 0 aliphatic rings. The Morgan fingerprint density at radius 1 is 1.08 bits per heavy atom. The van der Waals surface area contributed by atoms with Gasteiger partial charge in [-0.3, -0.25) is 14.6 Å². The minimum atomic E-state index is -0.375. The number of rotatable bonds is 7. The van der Waals surface area contributed by atoms with E-state index in [1.54, 1.807) is 36.5 Å². The second kappa shape index (κ2) is 9.19. The van der Waals surface area contributed by atoms with Crippen LogP contribution in [0.15, 0.2) is 54.9 Å². The third-order valence-electron chi connectivity index (χ3n) is 3.18. The third kappa shape index (κ3) is 5.64. The molecule has 0 unspecified atom stereocenters. The molecule has 0 radical (unpaired) electrons. The van der Waals surface area contributed by atoms with E-state index >= 15 is 0 Å². The number of carbonyl (C=O) groups excluding carboxylic acids is 2. The van der Waals surface area contributed by atoms with Crippen molar-refractivity contribution in [1.82, 2.24) is 15.6 Å². The molecule has 0 fully saturated rings. The summed E-state index contributed by atoms with van der Waals surface area (Å²) in [5.74, 6) is -0.884. The van der Waals surface area contributed by atoms with E-state index in [2.05, 4.69) is 15.6 Å². The summed E-state index contributed by atoms with van der Waals surface area (Å²) in [4.78, 5) is 27.3. The van der Waals surface area contributed by atoms with Gasteiger partial charge in [-0.2, -0.15) is 0 Å². The molecular formula is C18H18FN3O2. The van der Waals surface area contributed by atoms with Gasteiger partial charge in [-0.25, -0.2) is 4.39 Å². The Hall–Kier alpha value is -3.02. The van der Waals surface area contributed by atoms with Gasteiger partial charge in [-0.1, -0.05) is 18.2 Å². The standard InChI is InChI=1S/C18H18FN3O2/c19-16-7-2-1-5-14(16)8-9-17(23)21-11-4-12-22-18(24)15-6-3-10-20-13-15/h1-3,5-10,13H,4,11-12H2,(H,21,23)(H,22,24)/b9-8+. The molecule has 0 atom stereocenters. The van der Waals surface area contributed by atoms with E-state index in [9.17, 15) is 14.0 Å². The molecule has 0 saturated carbocycles. The first-order valence-corrected chi connectivity index (χ1v) is 7.55. The van der Waals surface area contributed by atoms with Crippen molar-refractivity contribution in [2.24, 2.45) is 0 Å². The fourth-order valence-electron chi connectivity index (χ4n) is 1.94. The van der Waals surface area contributed by atoms with Gasteiger partial charge in [-0.15, -0.1) is 0 Å². The second-order valence-corrected chi connectivity index (χ2v) is 5.00. The molecule has 1 aromatic carbocycles. The number of aromatic nitrogens is 1. The van der Waals surface area contributed by atoms with Gasteiger partial charge in [0.25, 0.3) is 5.91 Å². The number of amides is 2. The molecule has 2 aromatic rings. The lowest BCUT2D eigenvalue weighted by molar-refractivity contribution is -0.116. The zero-order valence-corrected chi connectivity index (χ0v) is 13.0. The van der Waals surface area contributed by atoms with Crippen molar-refractivity contribution in [2.75, 3.05) is 13.1 Å². The largest absolute Gasteiger partial charge is 0.352 e. The van der Waals surface area contributed by atoms with Crippen LogP contribution >= 0.6 is 0 Å². The van der Waals surface area contributed by atoms with Crippen LogP contribution in [0.4, 0.5) is 4.39 Å². The van der Waals surface area contributed by atoms with Gasteiger partial charge in [0.15, 0.2) is 0 Å². The molecule has 0 spiro atoms. The molecule has 2 amide bonds. The summed E-state index contributed by atoms with van der Waals surface area (Å²) in [7, 11) is 0. The van der Waals surface area contributed by atoms with Gasteiger partial charge in [-0.05, 0) is 30.7 Å². The van der Waals surface area contributed by atoms with Crippen molar-refractivity contribution >= 4 is 17.9 Å². The molecule has 0 aliphatic carbocycles. The zero-order valence-electron chi connectivity index (χ0n) is 13.0. The van der Waals surface area contributed by atoms with E-state index in [-0.39, 0.29) is 17.6 Å². The van der Waals surface area contributed by atoms with Gasteiger partial charge in [0, 0.05) is 37.1 Å². The first-order valence-electron chi connectivity index (χ1n) is 7.55. The topological polar surface area (TPSA) is 71.1 Å². The van der Waals surface area contributed by atoms with Crippen molar-refractivity contribution < 1.29 is 14.0 Å². The average Bonchev–Trinajstić information content (AvgIpc) is 2.61. The fourth-order valence-corrected chi connectivity index (χ4v) is 1.94. The average molecular weight is 327 g/mol. The van der Waals surface area contributed by atoms with Crippen LogP contribution in [0.25, 0.3) is 6.08 Å². The number of nitrogens with zero attached hydrogens (tertiary/aromatic N) is 1. The molecule has 0 bridgehead atoms. The molecule has 0 aliphatic heterocycles. The summed E-state index contributed by atoms with van der Waals surface area (Å²) in [6, 6.07) is 9.59. The molecule has 6 heteroatoms. The maximum absolute atomic E-state index is 13.4. The predicted molar refractivity (Wildman–Crippen MR) is 89.6 cm³/mol. The minimum absolute atomic E-state index is 0.200. The first kappa shape index (κ1) is 17.3. The Morgan fingerprint density at radius 3 is 2.62 bits per heavy atom. The smallest absolute Gasteiger partial charge is 0.252 e. The number of hydrogen-bond acceptors (Lipinski definition) is 3. The van der Waals surface area contributed by atoms with E-state index in [1.165, 1.54) is 24.4 Å². The molecule has 1 aromatic heterocycles. The van der Waals surface area contributed by atoms with Crippen molar-refractivity contribution in [3.8, 4) is 0 Å². The quantitative estimate of drug-likeness (QED) is 0.605. The van der Waals surface area contributed by atoms with E-state index in [0.29, 0.717) is 30.6 Å². The Labute approximate surface area is 139 Å². The molecule has 0 saturated heterocycles. The number of benzene rings is 1.